The van der Waals surface area contributed by atoms with Gasteiger partial charge >= 0.3 is 5.97 Å². The minimum atomic E-state index is -0.413. The van der Waals surface area contributed by atoms with Crippen molar-refractivity contribution in [2.45, 2.75) is 18.6 Å². The van der Waals surface area contributed by atoms with Crippen molar-refractivity contribution in [3.63, 3.8) is 0 Å². The third kappa shape index (κ3) is 2.91. The van der Waals surface area contributed by atoms with E-state index in [-0.39, 0.29) is 23.1 Å². The maximum Gasteiger partial charge on any atom is 0.323 e. The molecule has 1 aromatic carbocycles. The molecule has 1 fully saturated rings. The van der Waals surface area contributed by atoms with Crippen LogP contribution < -0.4 is 10.1 Å². The molecule has 18 heavy (non-hydrogen) atoms. The van der Waals surface area contributed by atoms with Crippen LogP contribution >= 0.6 is 11.6 Å². The number of halogens is 2. The molecule has 0 amide bonds. The van der Waals surface area contributed by atoms with Crippen LogP contribution in [-0.2, 0) is 9.53 Å². The summed E-state index contributed by atoms with van der Waals surface area (Å²) < 4.78 is 23.1. The smallest absolute Gasteiger partial charge is 0.323 e. The van der Waals surface area contributed by atoms with Gasteiger partial charge in [0.25, 0.3) is 0 Å². The first-order chi connectivity index (χ1) is 8.60. The summed E-state index contributed by atoms with van der Waals surface area (Å²) in [6.45, 7) is 0.521. The number of rotatable bonds is 3. The maximum absolute atomic E-state index is 12.9. The van der Waals surface area contributed by atoms with Crippen LogP contribution in [0.2, 0.25) is 5.02 Å². The van der Waals surface area contributed by atoms with E-state index in [1.54, 1.807) is 0 Å². The fourth-order valence-corrected chi connectivity index (χ4v) is 2.08. The summed E-state index contributed by atoms with van der Waals surface area (Å²) in [6, 6.07) is 3.58. The largest absolute Gasteiger partial charge is 0.487 e. The molecule has 98 valence electrons. The third-order valence-electron chi connectivity index (χ3n) is 2.76. The van der Waals surface area contributed by atoms with E-state index in [2.05, 4.69) is 10.1 Å². The lowest BCUT2D eigenvalue weighted by atomic mass is 10.2. The van der Waals surface area contributed by atoms with Crippen molar-refractivity contribution in [3.8, 4) is 5.75 Å². The molecule has 1 heterocycles. The second-order valence-electron chi connectivity index (χ2n) is 4.03. The molecule has 1 aromatic rings. The Morgan fingerprint density at radius 1 is 1.56 bits per heavy atom. The van der Waals surface area contributed by atoms with Gasteiger partial charge in [-0.3, -0.25) is 4.79 Å². The Morgan fingerprint density at radius 3 is 3.00 bits per heavy atom. The molecule has 2 atom stereocenters. The second kappa shape index (κ2) is 5.54. The van der Waals surface area contributed by atoms with Crippen molar-refractivity contribution in [2.75, 3.05) is 13.7 Å². The predicted octanol–water partition coefficient (Wildman–Crippen LogP) is 1.76. The average Bonchev–Trinajstić information content (AvgIpc) is 2.80. The first-order valence-electron chi connectivity index (χ1n) is 5.53. The normalized spacial score (nSPS) is 22.8. The molecular weight excluding hydrogens is 261 g/mol. The SMILES string of the molecule is COC(=O)[C@@H]1CC(Oc2ccc(F)cc2Cl)CN1. The molecule has 1 unspecified atom stereocenters. The van der Waals surface area contributed by atoms with Crippen LogP contribution in [-0.4, -0.2) is 31.8 Å². The quantitative estimate of drug-likeness (QED) is 0.853. The molecule has 1 aliphatic heterocycles. The van der Waals surface area contributed by atoms with Crippen LogP contribution in [0.5, 0.6) is 5.75 Å². The monoisotopic (exact) mass is 273 g/mol. The molecule has 0 aliphatic carbocycles. The average molecular weight is 274 g/mol. The van der Waals surface area contributed by atoms with E-state index in [1.807, 2.05) is 0 Å². The minimum absolute atomic E-state index is 0.183. The Hall–Kier alpha value is -1.33. The highest BCUT2D eigenvalue weighted by Gasteiger charge is 2.31. The van der Waals surface area contributed by atoms with Crippen LogP contribution in [0.15, 0.2) is 18.2 Å². The molecule has 2 rings (SSSR count). The zero-order valence-corrected chi connectivity index (χ0v) is 10.5. The lowest BCUT2D eigenvalue weighted by Crippen LogP contribution is -2.31. The zero-order valence-electron chi connectivity index (χ0n) is 9.78. The summed E-state index contributed by atoms with van der Waals surface area (Å²) in [5.74, 6) is -0.314. The summed E-state index contributed by atoms with van der Waals surface area (Å²) in [5, 5.41) is 3.21. The van der Waals surface area contributed by atoms with E-state index >= 15 is 0 Å². The highest BCUT2D eigenvalue weighted by atomic mass is 35.5. The lowest BCUT2D eigenvalue weighted by Gasteiger charge is -2.13. The van der Waals surface area contributed by atoms with Gasteiger partial charge in [-0.2, -0.15) is 0 Å². The number of carbonyl (C=O) groups excluding carboxylic acids is 1. The summed E-state index contributed by atoms with van der Waals surface area (Å²) in [6.07, 6.45) is 0.317. The minimum Gasteiger partial charge on any atom is -0.487 e. The molecule has 0 radical (unpaired) electrons. The van der Waals surface area contributed by atoms with Gasteiger partial charge in [-0.1, -0.05) is 11.6 Å². The first-order valence-corrected chi connectivity index (χ1v) is 5.91. The Morgan fingerprint density at radius 2 is 2.33 bits per heavy atom. The molecular formula is C12H13ClFNO3. The van der Waals surface area contributed by atoms with Gasteiger partial charge in [-0.25, -0.2) is 4.39 Å². The van der Waals surface area contributed by atoms with Crippen LogP contribution in [0, 0.1) is 5.82 Å². The molecule has 1 N–H and O–H groups in total. The van der Waals surface area contributed by atoms with Crippen molar-refractivity contribution in [2.24, 2.45) is 0 Å². The van der Waals surface area contributed by atoms with Crippen LogP contribution in [0.4, 0.5) is 4.39 Å². The standard InChI is InChI=1S/C12H13ClFNO3/c1-17-12(16)10-5-8(6-15-10)18-11-3-2-7(14)4-9(11)13/h2-4,8,10,15H,5-6H2,1H3/t8?,10-/m0/s1. The number of ether oxygens (including phenoxy) is 2. The van der Waals surface area contributed by atoms with Gasteiger partial charge in [0.05, 0.1) is 12.1 Å². The highest BCUT2D eigenvalue weighted by Crippen LogP contribution is 2.27. The number of nitrogens with one attached hydrogen (secondary N) is 1. The van der Waals surface area contributed by atoms with Crippen LogP contribution in [0.3, 0.4) is 0 Å². The summed E-state index contributed by atoms with van der Waals surface area (Å²) in [5.41, 5.74) is 0. The van der Waals surface area contributed by atoms with Crippen molar-refractivity contribution < 1.29 is 18.7 Å². The van der Waals surface area contributed by atoms with E-state index in [0.717, 1.165) is 0 Å². The number of carbonyl (C=O) groups is 1. The van der Waals surface area contributed by atoms with Gasteiger partial charge < -0.3 is 14.8 Å². The number of hydrogen-bond donors (Lipinski definition) is 1. The van der Waals surface area contributed by atoms with Gasteiger partial charge in [0.2, 0.25) is 0 Å². The maximum atomic E-state index is 12.9. The van der Waals surface area contributed by atoms with Crippen LogP contribution in [0.25, 0.3) is 0 Å². The molecule has 0 bridgehead atoms. The first kappa shape index (κ1) is 13.1. The fraction of sp³-hybridized carbons (Fsp3) is 0.417. The molecule has 1 saturated heterocycles. The molecule has 6 heteroatoms. The van der Waals surface area contributed by atoms with E-state index in [4.69, 9.17) is 16.3 Å². The Bertz CT molecular complexity index is 455. The highest BCUT2D eigenvalue weighted by molar-refractivity contribution is 6.32. The van der Waals surface area contributed by atoms with Crippen LogP contribution in [0.1, 0.15) is 6.42 Å². The van der Waals surface area contributed by atoms with Crippen molar-refractivity contribution in [1.82, 2.24) is 5.32 Å². The molecule has 0 spiro atoms. The summed E-state index contributed by atoms with van der Waals surface area (Å²) >= 11 is 5.86. The molecule has 4 nitrogen and oxygen atoms in total. The predicted molar refractivity (Wildman–Crippen MR) is 64.2 cm³/mol. The van der Waals surface area contributed by atoms with E-state index in [0.29, 0.717) is 18.7 Å². The van der Waals surface area contributed by atoms with Gasteiger partial charge in [0, 0.05) is 13.0 Å². The summed E-state index contributed by atoms with van der Waals surface area (Å²) in [4.78, 5) is 11.3. The molecule has 0 aromatic heterocycles. The number of hydrogen-bond acceptors (Lipinski definition) is 4. The second-order valence-corrected chi connectivity index (χ2v) is 4.44. The van der Waals surface area contributed by atoms with E-state index in [1.165, 1.54) is 25.3 Å². The van der Waals surface area contributed by atoms with Gasteiger partial charge in [0.15, 0.2) is 0 Å². The fourth-order valence-electron chi connectivity index (χ4n) is 1.87. The third-order valence-corrected chi connectivity index (χ3v) is 3.06. The Balaban J connectivity index is 1.97. The van der Waals surface area contributed by atoms with Gasteiger partial charge in [0.1, 0.15) is 23.7 Å². The number of methoxy groups -OCH3 is 1. The van der Waals surface area contributed by atoms with Gasteiger partial charge in [-0.15, -0.1) is 0 Å². The topological polar surface area (TPSA) is 47.6 Å². The number of esters is 1. The van der Waals surface area contributed by atoms with Gasteiger partial charge in [-0.05, 0) is 18.2 Å². The Labute approximate surface area is 109 Å². The van der Waals surface area contributed by atoms with Crippen molar-refractivity contribution >= 4 is 17.6 Å². The number of benzene rings is 1. The Kier molecular flexibility index (Phi) is 4.04. The van der Waals surface area contributed by atoms with E-state index < -0.39 is 5.82 Å². The van der Waals surface area contributed by atoms with Crippen molar-refractivity contribution in [1.29, 1.82) is 0 Å². The summed E-state index contributed by atoms with van der Waals surface area (Å²) in [7, 11) is 1.34. The lowest BCUT2D eigenvalue weighted by molar-refractivity contribution is -0.142. The molecule has 0 saturated carbocycles. The van der Waals surface area contributed by atoms with E-state index in [9.17, 15) is 9.18 Å². The zero-order chi connectivity index (χ0) is 13.1. The van der Waals surface area contributed by atoms with Crippen molar-refractivity contribution in [3.05, 3.63) is 29.0 Å². The molecule has 1 aliphatic rings.